The van der Waals surface area contributed by atoms with E-state index in [1.807, 2.05) is 0 Å². The molecule has 1 aliphatic carbocycles. The summed E-state index contributed by atoms with van der Waals surface area (Å²) in [6, 6.07) is 15.9. The second kappa shape index (κ2) is 8.28. The maximum absolute atomic E-state index is 13.0. The quantitative estimate of drug-likeness (QED) is 0.552. The highest BCUT2D eigenvalue weighted by Crippen LogP contribution is 2.38. The first-order valence-electron chi connectivity index (χ1n) is 12.7. The second-order valence-corrected chi connectivity index (χ2v) is 10.6. The topological polar surface area (TPSA) is 40.9 Å². The molecular weight excluding hydrogens is 408 g/mol. The highest BCUT2D eigenvalue weighted by molar-refractivity contribution is 5.81. The summed E-state index contributed by atoms with van der Waals surface area (Å²) in [5, 5.41) is 0. The van der Waals surface area contributed by atoms with Gasteiger partial charge in [-0.3, -0.25) is 9.69 Å². The van der Waals surface area contributed by atoms with Gasteiger partial charge in [0.2, 0.25) is 5.91 Å². The molecule has 2 aromatic heterocycles. The van der Waals surface area contributed by atoms with Gasteiger partial charge in [-0.05, 0) is 42.9 Å². The predicted molar refractivity (Wildman–Crippen MR) is 131 cm³/mol. The van der Waals surface area contributed by atoms with E-state index in [4.69, 9.17) is 4.98 Å². The van der Waals surface area contributed by atoms with Crippen LogP contribution in [0.2, 0.25) is 0 Å². The Morgan fingerprint density at radius 3 is 2.45 bits per heavy atom. The number of fused-ring (bicyclic) bond motifs is 3. The molecule has 5 nitrogen and oxygen atoms in total. The van der Waals surface area contributed by atoms with Gasteiger partial charge in [-0.1, -0.05) is 57.0 Å². The summed E-state index contributed by atoms with van der Waals surface area (Å²) in [7, 11) is 0. The van der Waals surface area contributed by atoms with Crippen LogP contribution in [0.15, 0.2) is 48.7 Å². The third-order valence-electron chi connectivity index (χ3n) is 8.08. The van der Waals surface area contributed by atoms with Gasteiger partial charge in [-0.2, -0.15) is 0 Å². The van der Waals surface area contributed by atoms with Gasteiger partial charge < -0.3 is 9.30 Å². The zero-order chi connectivity index (χ0) is 22.5. The maximum atomic E-state index is 13.0. The first-order chi connectivity index (χ1) is 16.1. The number of amides is 1. The highest BCUT2D eigenvalue weighted by atomic mass is 16.2. The number of piperazine rings is 1. The number of rotatable bonds is 5. The molecule has 0 spiro atoms. The van der Waals surface area contributed by atoms with Gasteiger partial charge in [0, 0.05) is 49.4 Å². The number of aromatic nitrogens is 2. The second-order valence-electron chi connectivity index (χ2n) is 10.6. The molecule has 2 atom stereocenters. The third kappa shape index (κ3) is 3.67. The van der Waals surface area contributed by atoms with Crippen LogP contribution in [0.1, 0.15) is 63.1 Å². The predicted octanol–water partition coefficient (Wildman–Crippen LogP) is 5.10. The Balaban J connectivity index is 1.24. The van der Waals surface area contributed by atoms with Gasteiger partial charge in [-0.15, -0.1) is 0 Å². The minimum absolute atomic E-state index is 0.293. The van der Waals surface area contributed by atoms with E-state index in [0.29, 0.717) is 29.8 Å². The van der Waals surface area contributed by atoms with Gasteiger partial charge >= 0.3 is 0 Å². The van der Waals surface area contributed by atoms with Crippen molar-refractivity contribution in [3.63, 3.8) is 0 Å². The van der Waals surface area contributed by atoms with E-state index in [0.717, 1.165) is 43.8 Å². The molecule has 2 bridgehead atoms. The van der Waals surface area contributed by atoms with Crippen LogP contribution in [0.25, 0.3) is 16.9 Å². The Morgan fingerprint density at radius 1 is 1.03 bits per heavy atom. The largest absolute Gasteiger partial charge is 0.334 e. The van der Waals surface area contributed by atoms with Crippen molar-refractivity contribution in [1.29, 1.82) is 0 Å². The van der Waals surface area contributed by atoms with Crippen molar-refractivity contribution < 1.29 is 4.79 Å². The van der Waals surface area contributed by atoms with Gasteiger partial charge in [0.05, 0.1) is 11.4 Å². The van der Waals surface area contributed by atoms with Crippen molar-refractivity contribution in [2.24, 2.45) is 5.92 Å². The molecule has 5 heteroatoms. The molecule has 3 saturated heterocycles. The first-order valence-corrected chi connectivity index (χ1v) is 12.7. The molecule has 1 saturated carbocycles. The molecule has 0 N–H and O–H groups in total. The Bertz CT molecular complexity index is 1150. The molecule has 1 aromatic carbocycles. The Labute approximate surface area is 196 Å². The molecule has 3 aromatic rings. The summed E-state index contributed by atoms with van der Waals surface area (Å²) in [5.74, 6) is 1.25. The van der Waals surface area contributed by atoms with Crippen molar-refractivity contribution in [3.8, 4) is 11.3 Å². The average Bonchev–Trinajstić information content (AvgIpc) is 3.48. The van der Waals surface area contributed by atoms with E-state index in [9.17, 15) is 4.79 Å². The lowest BCUT2D eigenvalue weighted by Gasteiger charge is -2.57. The standard InChI is InChI=1S/C28H34N4O/c1-19(2)20-10-12-21(13-11-20)27-25(31-14-6-5-9-26(31)29-27)18-30-16-23-15-24(17-30)32(23)28(33)22-7-3-4-8-22/h5-6,9-14,19,22-24H,3-4,7-8,15-18H2,1-2H3. The molecule has 0 radical (unpaired) electrons. The van der Waals surface area contributed by atoms with Gasteiger partial charge in [0.15, 0.2) is 0 Å². The van der Waals surface area contributed by atoms with Crippen LogP contribution in [-0.4, -0.2) is 50.3 Å². The van der Waals surface area contributed by atoms with Crippen LogP contribution >= 0.6 is 0 Å². The summed E-state index contributed by atoms with van der Waals surface area (Å²) in [6.07, 6.45) is 7.94. The normalized spacial score (nSPS) is 23.4. The zero-order valence-corrected chi connectivity index (χ0v) is 19.8. The molecular formula is C28H34N4O. The van der Waals surface area contributed by atoms with E-state index in [2.05, 4.69) is 76.7 Å². The number of benzene rings is 1. The number of carbonyl (C=O) groups is 1. The first kappa shape index (κ1) is 20.9. The van der Waals surface area contributed by atoms with Crippen molar-refractivity contribution >= 4 is 11.6 Å². The monoisotopic (exact) mass is 442 g/mol. The lowest BCUT2D eigenvalue weighted by atomic mass is 9.85. The molecule has 7 rings (SSSR count). The van der Waals surface area contributed by atoms with Crippen LogP contribution < -0.4 is 0 Å². The van der Waals surface area contributed by atoms with Crippen molar-refractivity contribution in [3.05, 3.63) is 59.9 Å². The minimum Gasteiger partial charge on any atom is -0.334 e. The number of hydrogen-bond acceptors (Lipinski definition) is 3. The molecule has 2 unspecified atom stereocenters. The summed E-state index contributed by atoms with van der Waals surface area (Å²) < 4.78 is 2.24. The number of imidazole rings is 1. The summed E-state index contributed by atoms with van der Waals surface area (Å²) >= 11 is 0. The summed E-state index contributed by atoms with van der Waals surface area (Å²) in [4.78, 5) is 22.9. The smallest absolute Gasteiger partial charge is 0.226 e. The minimum atomic E-state index is 0.293. The van der Waals surface area contributed by atoms with Crippen LogP contribution in [0.3, 0.4) is 0 Å². The fourth-order valence-corrected chi connectivity index (χ4v) is 6.24. The van der Waals surface area contributed by atoms with Crippen LogP contribution in [-0.2, 0) is 11.3 Å². The fraction of sp³-hybridized carbons (Fsp3) is 0.500. The van der Waals surface area contributed by atoms with E-state index < -0.39 is 0 Å². The molecule has 33 heavy (non-hydrogen) atoms. The number of nitrogens with zero attached hydrogens (tertiary/aromatic N) is 4. The number of carbonyl (C=O) groups excluding carboxylic acids is 1. The summed E-state index contributed by atoms with van der Waals surface area (Å²) in [5.41, 5.74) is 5.86. The fourth-order valence-electron chi connectivity index (χ4n) is 6.24. The maximum Gasteiger partial charge on any atom is 0.226 e. The molecule has 4 fully saturated rings. The average molecular weight is 443 g/mol. The number of pyridine rings is 1. The Morgan fingerprint density at radius 2 is 1.76 bits per heavy atom. The van der Waals surface area contributed by atoms with Gasteiger partial charge in [0.25, 0.3) is 0 Å². The molecule has 172 valence electrons. The Kier molecular flexibility index (Phi) is 5.25. The van der Waals surface area contributed by atoms with E-state index >= 15 is 0 Å². The van der Waals surface area contributed by atoms with Crippen LogP contribution in [0, 0.1) is 5.92 Å². The van der Waals surface area contributed by atoms with Crippen molar-refractivity contribution in [2.45, 2.75) is 70.5 Å². The highest BCUT2D eigenvalue weighted by Gasteiger charge is 2.48. The lowest BCUT2D eigenvalue weighted by molar-refractivity contribution is -0.158. The van der Waals surface area contributed by atoms with Gasteiger partial charge in [-0.25, -0.2) is 4.98 Å². The van der Waals surface area contributed by atoms with E-state index in [1.54, 1.807) is 0 Å². The van der Waals surface area contributed by atoms with E-state index in [1.165, 1.54) is 36.1 Å². The summed E-state index contributed by atoms with van der Waals surface area (Å²) in [6.45, 7) is 7.27. The van der Waals surface area contributed by atoms with Crippen molar-refractivity contribution in [1.82, 2.24) is 19.2 Å². The molecule has 4 aliphatic rings. The molecule has 3 aliphatic heterocycles. The zero-order valence-electron chi connectivity index (χ0n) is 19.8. The van der Waals surface area contributed by atoms with Gasteiger partial charge in [0.1, 0.15) is 5.65 Å². The van der Waals surface area contributed by atoms with E-state index in [-0.39, 0.29) is 0 Å². The van der Waals surface area contributed by atoms with Crippen LogP contribution in [0.4, 0.5) is 0 Å². The van der Waals surface area contributed by atoms with Crippen molar-refractivity contribution in [2.75, 3.05) is 13.1 Å². The lowest BCUT2D eigenvalue weighted by Crippen LogP contribution is -2.70. The SMILES string of the molecule is CC(C)c1ccc(-c2nc3ccccn3c2CN2CC3CC(C2)N3C(=O)C2CCCC2)cc1. The number of piperidine rings is 1. The van der Waals surface area contributed by atoms with Crippen LogP contribution in [0.5, 0.6) is 0 Å². The Hall–Kier alpha value is -2.66. The number of hydrogen-bond donors (Lipinski definition) is 0. The molecule has 1 amide bonds. The molecule has 5 heterocycles. The third-order valence-corrected chi connectivity index (χ3v) is 8.08.